The van der Waals surface area contributed by atoms with Gasteiger partial charge in [0.25, 0.3) is 0 Å². The lowest BCUT2D eigenvalue weighted by Crippen LogP contribution is -2.15. The second kappa shape index (κ2) is 8.19. The Kier molecular flexibility index (Phi) is 5.52. The van der Waals surface area contributed by atoms with Gasteiger partial charge in [-0.1, -0.05) is 48.5 Å². The first kappa shape index (κ1) is 18.2. The molecule has 2 N–H and O–H groups in total. The summed E-state index contributed by atoms with van der Waals surface area (Å²) in [4.78, 5) is 24.0. The zero-order chi connectivity index (χ0) is 19.2. The SMILES string of the molecule is COc1ccc(/C=C(/CC(=O)Nc2cccc3ccccc23)C(=O)O)cc1. The van der Waals surface area contributed by atoms with Gasteiger partial charge in [-0.15, -0.1) is 0 Å². The standard InChI is InChI=1S/C22H19NO4/c1-27-18-11-9-15(10-12-18)13-17(22(25)26)14-21(24)23-20-8-4-6-16-5-2-3-7-19(16)20/h2-13H,14H2,1H3,(H,23,24)(H,25,26)/b17-13-. The van der Waals surface area contributed by atoms with E-state index in [1.807, 2.05) is 36.4 Å². The van der Waals surface area contributed by atoms with Crippen LogP contribution in [-0.4, -0.2) is 24.1 Å². The van der Waals surface area contributed by atoms with Crippen LogP contribution in [0.3, 0.4) is 0 Å². The van der Waals surface area contributed by atoms with E-state index in [-0.39, 0.29) is 17.9 Å². The number of fused-ring (bicyclic) bond motifs is 1. The zero-order valence-electron chi connectivity index (χ0n) is 14.8. The highest BCUT2D eigenvalue weighted by Crippen LogP contribution is 2.23. The molecule has 136 valence electrons. The molecule has 3 aromatic carbocycles. The largest absolute Gasteiger partial charge is 0.497 e. The summed E-state index contributed by atoms with van der Waals surface area (Å²) in [5, 5.41) is 14.2. The zero-order valence-corrected chi connectivity index (χ0v) is 14.8. The maximum Gasteiger partial charge on any atom is 0.332 e. The summed E-state index contributed by atoms with van der Waals surface area (Å²) in [5.74, 6) is -0.829. The number of methoxy groups -OCH3 is 1. The van der Waals surface area contributed by atoms with E-state index < -0.39 is 5.97 Å². The lowest BCUT2D eigenvalue weighted by Gasteiger charge is -2.09. The minimum Gasteiger partial charge on any atom is -0.497 e. The molecule has 0 atom stereocenters. The van der Waals surface area contributed by atoms with Crippen LogP contribution in [0.4, 0.5) is 5.69 Å². The monoisotopic (exact) mass is 361 g/mol. The van der Waals surface area contributed by atoms with Crippen molar-refractivity contribution in [3.05, 3.63) is 77.9 Å². The Labute approximate surface area is 156 Å². The summed E-state index contributed by atoms with van der Waals surface area (Å²) in [6, 6.07) is 20.2. The number of amides is 1. The number of anilines is 1. The quantitative estimate of drug-likeness (QED) is 0.640. The average molecular weight is 361 g/mol. The molecule has 3 rings (SSSR count). The van der Waals surface area contributed by atoms with Gasteiger partial charge in [-0.3, -0.25) is 4.79 Å². The maximum absolute atomic E-state index is 12.4. The fraction of sp³-hybridized carbons (Fsp3) is 0.0909. The van der Waals surface area contributed by atoms with Crippen LogP contribution in [0.25, 0.3) is 16.8 Å². The highest BCUT2D eigenvalue weighted by Gasteiger charge is 2.14. The van der Waals surface area contributed by atoms with Crippen molar-refractivity contribution in [2.75, 3.05) is 12.4 Å². The van der Waals surface area contributed by atoms with Crippen molar-refractivity contribution >= 4 is 34.4 Å². The summed E-state index contributed by atoms with van der Waals surface area (Å²) in [5.41, 5.74) is 1.36. The fourth-order valence-electron chi connectivity index (χ4n) is 2.79. The van der Waals surface area contributed by atoms with Crippen LogP contribution in [0.1, 0.15) is 12.0 Å². The highest BCUT2D eigenvalue weighted by molar-refractivity contribution is 6.06. The minimum absolute atomic E-state index is 0.0119. The molecule has 0 aliphatic carbocycles. The van der Waals surface area contributed by atoms with Crippen molar-refractivity contribution in [1.29, 1.82) is 0 Å². The molecule has 0 aliphatic heterocycles. The molecule has 27 heavy (non-hydrogen) atoms. The Hall–Kier alpha value is -3.60. The summed E-state index contributed by atoms with van der Waals surface area (Å²) in [6.07, 6.45) is 1.26. The van der Waals surface area contributed by atoms with Crippen LogP contribution < -0.4 is 10.1 Å². The van der Waals surface area contributed by atoms with E-state index in [2.05, 4.69) is 5.32 Å². The molecule has 5 nitrogen and oxygen atoms in total. The lowest BCUT2D eigenvalue weighted by atomic mass is 10.1. The van der Waals surface area contributed by atoms with Crippen LogP contribution in [0, 0.1) is 0 Å². The number of carboxylic acids is 1. The number of carbonyl (C=O) groups is 2. The van der Waals surface area contributed by atoms with Crippen LogP contribution in [-0.2, 0) is 9.59 Å². The molecular formula is C22H19NO4. The number of hydrogen-bond donors (Lipinski definition) is 2. The first-order valence-electron chi connectivity index (χ1n) is 8.42. The van der Waals surface area contributed by atoms with Crippen molar-refractivity contribution < 1.29 is 19.4 Å². The van der Waals surface area contributed by atoms with Gasteiger partial charge in [0.2, 0.25) is 5.91 Å². The molecule has 0 radical (unpaired) electrons. The van der Waals surface area contributed by atoms with Gasteiger partial charge in [0, 0.05) is 16.6 Å². The molecule has 0 aromatic heterocycles. The number of rotatable bonds is 6. The topological polar surface area (TPSA) is 75.6 Å². The Morgan fingerprint density at radius 1 is 1.00 bits per heavy atom. The van der Waals surface area contributed by atoms with Gasteiger partial charge in [0.15, 0.2) is 0 Å². The second-order valence-corrected chi connectivity index (χ2v) is 6.00. The summed E-state index contributed by atoms with van der Waals surface area (Å²) in [6.45, 7) is 0. The van der Waals surface area contributed by atoms with E-state index in [1.165, 1.54) is 6.08 Å². The van der Waals surface area contributed by atoms with Crippen LogP contribution >= 0.6 is 0 Å². The highest BCUT2D eigenvalue weighted by atomic mass is 16.5. The van der Waals surface area contributed by atoms with E-state index in [0.717, 1.165) is 10.8 Å². The van der Waals surface area contributed by atoms with Crippen LogP contribution in [0.15, 0.2) is 72.3 Å². The number of ether oxygens (including phenoxy) is 1. The Bertz CT molecular complexity index is 1000. The summed E-state index contributed by atoms with van der Waals surface area (Å²) >= 11 is 0. The molecule has 0 saturated carbocycles. The van der Waals surface area contributed by atoms with Crippen LogP contribution in [0.5, 0.6) is 5.75 Å². The normalized spacial score (nSPS) is 11.2. The van der Waals surface area contributed by atoms with E-state index in [1.54, 1.807) is 37.4 Å². The van der Waals surface area contributed by atoms with Crippen molar-refractivity contribution in [2.45, 2.75) is 6.42 Å². The summed E-state index contributed by atoms with van der Waals surface area (Å²) in [7, 11) is 1.56. The van der Waals surface area contributed by atoms with Gasteiger partial charge in [-0.2, -0.15) is 0 Å². The molecule has 0 fully saturated rings. The molecule has 3 aromatic rings. The van der Waals surface area contributed by atoms with E-state index >= 15 is 0 Å². The van der Waals surface area contributed by atoms with Crippen molar-refractivity contribution in [2.24, 2.45) is 0 Å². The van der Waals surface area contributed by atoms with Gasteiger partial charge in [0.1, 0.15) is 5.75 Å². The van der Waals surface area contributed by atoms with Gasteiger partial charge >= 0.3 is 5.97 Å². The van der Waals surface area contributed by atoms with Crippen molar-refractivity contribution in [3.8, 4) is 5.75 Å². The third kappa shape index (κ3) is 4.52. The Morgan fingerprint density at radius 3 is 2.41 bits per heavy atom. The average Bonchev–Trinajstić information content (AvgIpc) is 2.68. The molecule has 1 amide bonds. The van der Waals surface area contributed by atoms with Gasteiger partial charge in [-0.05, 0) is 35.2 Å². The van der Waals surface area contributed by atoms with Gasteiger partial charge < -0.3 is 15.2 Å². The third-order valence-electron chi connectivity index (χ3n) is 4.15. The second-order valence-electron chi connectivity index (χ2n) is 6.00. The smallest absolute Gasteiger partial charge is 0.332 e. The molecule has 0 aliphatic rings. The third-order valence-corrected chi connectivity index (χ3v) is 4.15. The van der Waals surface area contributed by atoms with E-state index in [9.17, 15) is 14.7 Å². The first-order chi connectivity index (χ1) is 13.1. The summed E-state index contributed by atoms with van der Waals surface area (Å²) < 4.78 is 5.09. The molecule has 5 heteroatoms. The number of carboxylic acid groups (broad SMARTS) is 1. The number of nitrogens with one attached hydrogen (secondary N) is 1. The predicted molar refractivity (Wildman–Crippen MR) is 106 cm³/mol. The maximum atomic E-state index is 12.4. The number of hydrogen-bond acceptors (Lipinski definition) is 3. The van der Waals surface area contributed by atoms with Crippen molar-refractivity contribution in [1.82, 2.24) is 0 Å². The van der Waals surface area contributed by atoms with Gasteiger partial charge in [-0.25, -0.2) is 4.79 Å². The van der Waals surface area contributed by atoms with Crippen LogP contribution in [0.2, 0.25) is 0 Å². The number of aliphatic carboxylic acids is 1. The molecule has 0 bridgehead atoms. The molecular weight excluding hydrogens is 342 g/mol. The lowest BCUT2D eigenvalue weighted by molar-refractivity contribution is -0.133. The predicted octanol–water partition coefficient (Wildman–Crippen LogP) is 4.35. The Balaban J connectivity index is 1.78. The van der Waals surface area contributed by atoms with E-state index in [0.29, 0.717) is 17.0 Å². The Morgan fingerprint density at radius 2 is 1.70 bits per heavy atom. The van der Waals surface area contributed by atoms with E-state index in [4.69, 9.17) is 4.74 Å². The first-order valence-corrected chi connectivity index (χ1v) is 8.42. The number of carbonyl (C=O) groups excluding carboxylic acids is 1. The molecule has 0 saturated heterocycles. The molecule has 0 unspecified atom stereocenters. The molecule has 0 spiro atoms. The van der Waals surface area contributed by atoms with Crippen molar-refractivity contribution in [3.63, 3.8) is 0 Å². The fourth-order valence-corrected chi connectivity index (χ4v) is 2.79. The number of benzene rings is 3. The molecule has 0 heterocycles. The van der Waals surface area contributed by atoms with Gasteiger partial charge in [0.05, 0.1) is 13.5 Å². The minimum atomic E-state index is -1.13.